The first-order valence-electron chi connectivity index (χ1n) is 9.16. The van der Waals surface area contributed by atoms with Gasteiger partial charge in [-0.25, -0.2) is 0 Å². The zero-order valence-corrected chi connectivity index (χ0v) is 17.6. The molecule has 1 aliphatic carbocycles. The van der Waals surface area contributed by atoms with Crippen LogP contribution < -0.4 is 14.8 Å². The highest BCUT2D eigenvalue weighted by atomic mass is 16.8. The number of methoxy groups -OCH3 is 5. The highest BCUT2D eigenvalue weighted by Gasteiger charge is 2.72. The van der Waals surface area contributed by atoms with Crippen LogP contribution in [0.2, 0.25) is 0 Å². The summed E-state index contributed by atoms with van der Waals surface area (Å²) in [6.07, 6.45) is 1.80. The van der Waals surface area contributed by atoms with Gasteiger partial charge in [0.15, 0.2) is 5.75 Å². The predicted octanol–water partition coefficient (Wildman–Crippen LogP) is 3.14. The van der Waals surface area contributed by atoms with Gasteiger partial charge in [-0.1, -0.05) is 0 Å². The van der Waals surface area contributed by atoms with Crippen molar-refractivity contribution < 1.29 is 28.4 Å². The third-order valence-corrected chi connectivity index (χ3v) is 5.27. The lowest BCUT2D eigenvalue weighted by molar-refractivity contribution is -0.430. The van der Waals surface area contributed by atoms with E-state index in [0.717, 1.165) is 41.0 Å². The van der Waals surface area contributed by atoms with Gasteiger partial charge in [-0.2, -0.15) is 0 Å². The number of benzene rings is 1. The molecule has 0 amide bonds. The van der Waals surface area contributed by atoms with Gasteiger partial charge in [-0.15, -0.1) is 0 Å². The minimum atomic E-state index is -1.28. The summed E-state index contributed by atoms with van der Waals surface area (Å²) in [6.45, 7) is 6.96. The maximum atomic E-state index is 6.12. The standard InChI is InChI=1S/C20H31NO6/c1-18(2,3)21-15-12-10-9-11-27-16(12)13-14(17(15)22-4)20(25-7,26-8)19(13,23-5)24-6/h21H,9-11H2,1-8H3. The molecule has 0 spiro atoms. The molecule has 1 aromatic carbocycles. The molecule has 1 aromatic rings. The Morgan fingerprint density at radius 2 is 1.44 bits per heavy atom. The third-order valence-electron chi connectivity index (χ3n) is 5.27. The van der Waals surface area contributed by atoms with Gasteiger partial charge in [0.25, 0.3) is 11.6 Å². The van der Waals surface area contributed by atoms with Gasteiger partial charge in [-0.05, 0) is 33.6 Å². The molecule has 0 fully saturated rings. The molecule has 0 saturated carbocycles. The van der Waals surface area contributed by atoms with Crippen molar-refractivity contribution in [3.8, 4) is 11.5 Å². The largest absolute Gasteiger partial charge is 0.494 e. The minimum Gasteiger partial charge on any atom is -0.494 e. The first kappa shape index (κ1) is 20.2. The van der Waals surface area contributed by atoms with E-state index in [-0.39, 0.29) is 5.54 Å². The van der Waals surface area contributed by atoms with Crippen LogP contribution in [0.4, 0.5) is 5.69 Å². The first-order valence-corrected chi connectivity index (χ1v) is 9.16. The lowest BCUT2D eigenvalue weighted by atomic mass is 9.71. The molecule has 0 radical (unpaired) electrons. The average molecular weight is 381 g/mol. The summed E-state index contributed by atoms with van der Waals surface area (Å²) >= 11 is 0. The molecule has 0 unspecified atom stereocenters. The number of rotatable bonds is 6. The molecule has 7 heteroatoms. The maximum absolute atomic E-state index is 6.12. The van der Waals surface area contributed by atoms with Crippen molar-refractivity contribution in [1.29, 1.82) is 0 Å². The van der Waals surface area contributed by atoms with Gasteiger partial charge in [0.2, 0.25) is 0 Å². The molecular weight excluding hydrogens is 350 g/mol. The molecule has 27 heavy (non-hydrogen) atoms. The lowest BCUT2D eigenvalue weighted by Gasteiger charge is -2.56. The second-order valence-corrected chi connectivity index (χ2v) is 7.84. The van der Waals surface area contributed by atoms with Crippen molar-refractivity contribution in [3.63, 3.8) is 0 Å². The topological polar surface area (TPSA) is 67.4 Å². The van der Waals surface area contributed by atoms with E-state index in [2.05, 4.69) is 26.1 Å². The van der Waals surface area contributed by atoms with E-state index >= 15 is 0 Å². The summed E-state index contributed by atoms with van der Waals surface area (Å²) < 4.78 is 35.3. The summed E-state index contributed by atoms with van der Waals surface area (Å²) in [5.41, 5.74) is 3.29. The van der Waals surface area contributed by atoms with E-state index in [4.69, 9.17) is 28.4 Å². The van der Waals surface area contributed by atoms with Gasteiger partial charge >= 0.3 is 0 Å². The maximum Gasteiger partial charge on any atom is 0.260 e. The van der Waals surface area contributed by atoms with Crippen LogP contribution in [0.15, 0.2) is 0 Å². The number of hydrogen-bond donors (Lipinski definition) is 1. The summed E-state index contributed by atoms with van der Waals surface area (Å²) in [7, 11) is 7.92. The number of hydrogen-bond acceptors (Lipinski definition) is 7. The van der Waals surface area contributed by atoms with Crippen LogP contribution in [0.25, 0.3) is 0 Å². The van der Waals surface area contributed by atoms with E-state index < -0.39 is 11.6 Å². The molecular formula is C20H31NO6. The van der Waals surface area contributed by atoms with Crippen molar-refractivity contribution in [3.05, 3.63) is 16.7 Å². The zero-order chi connectivity index (χ0) is 20.0. The third kappa shape index (κ3) is 2.56. The Bertz CT molecular complexity index is 716. The SMILES string of the molecule is COc1c(NC(C)(C)C)c2c(c3c1C(OC)(OC)C3(OC)OC)OCCC2. The molecule has 152 valence electrons. The lowest BCUT2D eigenvalue weighted by Crippen LogP contribution is -2.63. The summed E-state index contributed by atoms with van der Waals surface area (Å²) in [5.74, 6) is -1.10. The quantitative estimate of drug-likeness (QED) is 0.759. The Morgan fingerprint density at radius 3 is 1.93 bits per heavy atom. The van der Waals surface area contributed by atoms with Crippen molar-refractivity contribution in [2.24, 2.45) is 0 Å². The molecule has 2 aliphatic rings. The van der Waals surface area contributed by atoms with Crippen LogP contribution >= 0.6 is 0 Å². The molecule has 0 bridgehead atoms. The van der Waals surface area contributed by atoms with E-state index in [0.29, 0.717) is 12.4 Å². The zero-order valence-electron chi connectivity index (χ0n) is 17.6. The molecule has 1 heterocycles. The van der Waals surface area contributed by atoms with Crippen LogP contribution in [0.3, 0.4) is 0 Å². The summed E-state index contributed by atoms with van der Waals surface area (Å²) in [6, 6.07) is 0. The molecule has 1 aliphatic heterocycles. The van der Waals surface area contributed by atoms with Gasteiger partial charge in [0.1, 0.15) is 5.75 Å². The predicted molar refractivity (Wildman–Crippen MR) is 102 cm³/mol. The molecule has 7 nitrogen and oxygen atoms in total. The van der Waals surface area contributed by atoms with Crippen LogP contribution in [-0.2, 0) is 36.9 Å². The highest BCUT2D eigenvalue weighted by Crippen LogP contribution is 2.67. The fourth-order valence-electron chi connectivity index (χ4n) is 4.29. The number of anilines is 1. The van der Waals surface area contributed by atoms with E-state index in [9.17, 15) is 0 Å². The van der Waals surface area contributed by atoms with Gasteiger partial charge in [0, 0.05) is 39.5 Å². The molecule has 1 N–H and O–H groups in total. The van der Waals surface area contributed by atoms with Crippen LogP contribution in [0.5, 0.6) is 11.5 Å². The second kappa shape index (κ2) is 6.81. The van der Waals surface area contributed by atoms with Gasteiger partial charge in [0.05, 0.1) is 30.5 Å². The van der Waals surface area contributed by atoms with Crippen LogP contribution in [0.1, 0.15) is 43.9 Å². The molecule has 3 rings (SSSR count). The molecule has 0 aromatic heterocycles. The molecule has 0 saturated heterocycles. The Kier molecular flexibility index (Phi) is 5.10. The van der Waals surface area contributed by atoms with E-state index in [1.165, 1.54) is 0 Å². The smallest absolute Gasteiger partial charge is 0.260 e. The fourth-order valence-corrected chi connectivity index (χ4v) is 4.29. The number of fused-ring (bicyclic) bond motifs is 3. The van der Waals surface area contributed by atoms with Gasteiger partial charge in [-0.3, -0.25) is 0 Å². The minimum absolute atomic E-state index is 0.168. The second-order valence-electron chi connectivity index (χ2n) is 7.84. The highest BCUT2D eigenvalue weighted by molar-refractivity contribution is 5.78. The Labute approximate surface area is 161 Å². The van der Waals surface area contributed by atoms with Crippen LogP contribution in [0, 0.1) is 0 Å². The Morgan fingerprint density at radius 1 is 0.889 bits per heavy atom. The normalized spacial score (nSPS) is 19.4. The monoisotopic (exact) mass is 381 g/mol. The first-order chi connectivity index (χ1) is 12.8. The Hall–Kier alpha value is -1.54. The average Bonchev–Trinajstić information content (AvgIpc) is 2.64. The van der Waals surface area contributed by atoms with Crippen LogP contribution in [-0.4, -0.2) is 47.7 Å². The number of nitrogens with one attached hydrogen (secondary N) is 1. The fraction of sp³-hybridized carbons (Fsp3) is 0.700. The molecule has 0 atom stereocenters. The summed E-state index contributed by atoms with van der Waals surface area (Å²) in [5, 5.41) is 3.58. The van der Waals surface area contributed by atoms with E-state index in [1.807, 2.05) is 0 Å². The van der Waals surface area contributed by atoms with Crippen molar-refractivity contribution in [2.45, 2.75) is 50.7 Å². The summed E-state index contributed by atoms with van der Waals surface area (Å²) in [4.78, 5) is 0. The number of ether oxygens (including phenoxy) is 6. The Balaban J connectivity index is 2.40. The van der Waals surface area contributed by atoms with Crippen molar-refractivity contribution in [2.75, 3.05) is 47.5 Å². The van der Waals surface area contributed by atoms with Gasteiger partial charge < -0.3 is 33.7 Å². The van der Waals surface area contributed by atoms with Crippen molar-refractivity contribution in [1.82, 2.24) is 0 Å². The van der Waals surface area contributed by atoms with Crippen molar-refractivity contribution >= 4 is 5.69 Å². The van der Waals surface area contributed by atoms with E-state index in [1.54, 1.807) is 35.5 Å².